The molecule has 0 aromatic heterocycles. The first-order chi connectivity index (χ1) is 8.08. The summed E-state index contributed by atoms with van der Waals surface area (Å²) in [6.45, 7) is 2.87. The molecule has 0 radical (unpaired) electrons. The highest BCUT2D eigenvalue weighted by Gasteiger charge is 2.29. The Hall–Kier alpha value is -1.63. The Kier molecular flexibility index (Phi) is 4.89. The first-order valence-corrected chi connectivity index (χ1v) is 5.34. The van der Waals surface area contributed by atoms with Crippen LogP contribution in [-0.2, 0) is 19.1 Å². The summed E-state index contributed by atoms with van der Waals surface area (Å²) in [7, 11) is 1.29. The molecule has 0 saturated carbocycles. The number of esters is 1. The van der Waals surface area contributed by atoms with Crippen molar-refractivity contribution in [3.63, 3.8) is 0 Å². The molecule has 0 atom stereocenters. The van der Waals surface area contributed by atoms with E-state index in [0.717, 1.165) is 4.90 Å². The average molecular weight is 244 g/mol. The van der Waals surface area contributed by atoms with E-state index in [0.29, 0.717) is 6.54 Å². The summed E-state index contributed by atoms with van der Waals surface area (Å²) in [5, 5.41) is 0. The van der Waals surface area contributed by atoms with E-state index < -0.39 is 12.1 Å². The Balaban J connectivity index is 2.47. The van der Waals surface area contributed by atoms with Gasteiger partial charge in [-0.15, -0.1) is 0 Å². The van der Waals surface area contributed by atoms with E-state index in [1.807, 2.05) is 6.92 Å². The van der Waals surface area contributed by atoms with Crippen LogP contribution in [0.15, 0.2) is 0 Å². The van der Waals surface area contributed by atoms with Gasteiger partial charge < -0.3 is 9.47 Å². The summed E-state index contributed by atoms with van der Waals surface area (Å²) in [5.74, 6) is -0.776. The predicted octanol–water partition coefficient (Wildman–Crippen LogP) is -0.540. The van der Waals surface area contributed by atoms with Gasteiger partial charge in [-0.05, 0) is 6.54 Å². The van der Waals surface area contributed by atoms with Crippen LogP contribution >= 0.6 is 0 Å². The molecule has 7 heteroatoms. The van der Waals surface area contributed by atoms with Crippen molar-refractivity contribution < 1.29 is 23.9 Å². The molecule has 0 spiro atoms. The third-order valence-corrected chi connectivity index (χ3v) is 2.45. The van der Waals surface area contributed by atoms with Gasteiger partial charge in [-0.2, -0.15) is 0 Å². The second kappa shape index (κ2) is 6.19. The zero-order valence-electron chi connectivity index (χ0n) is 9.97. The van der Waals surface area contributed by atoms with E-state index in [-0.39, 0.29) is 32.1 Å². The number of likely N-dealkylation sites (N-methyl/N-ethyl adjacent to an activating group) is 1. The van der Waals surface area contributed by atoms with Crippen molar-refractivity contribution in [3.8, 4) is 0 Å². The first kappa shape index (κ1) is 13.4. The van der Waals surface area contributed by atoms with E-state index in [9.17, 15) is 14.4 Å². The third kappa shape index (κ3) is 3.70. The number of ether oxygens (including phenoxy) is 2. The molecule has 0 bridgehead atoms. The van der Waals surface area contributed by atoms with E-state index in [4.69, 9.17) is 0 Å². The van der Waals surface area contributed by atoms with Crippen molar-refractivity contribution in [2.75, 3.05) is 39.9 Å². The van der Waals surface area contributed by atoms with Gasteiger partial charge in [0.15, 0.2) is 0 Å². The summed E-state index contributed by atoms with van der Waals surface area (Å²) >= 11 is 0. The predicted molar refractivity (Wildman–Crippen MR) is 57.2 cm³/mol. The van der Waals surface area contributed by atoms with Gasteiger partial charge in [0.25, 0.3) is 0 Å². The molecule has 1 heterocycles. The number of methoxy groups -OCH3 is 1. The van der Waals surface area contributed by atoms with Gasteiger partial charge in [-0.1, -0.05) is 6.92 Å². The van der Waals surface area contributed by atoms with Gasteiger partial charge in [0, 0.05) is 0 Å². The Labute approximate surface area is 99.2 Å². The summed E-state index contributed by atoms with van der Waals surface area (Å²) in [6, 6.07) is 0. The molecule has 1 rings (SSSR count). The SMILES string of the molecule is CCN(CC(=O)OC)CC(=O)N1CCOC1=O. The highest BCUT2D eigenvalue weighted by molar-refractivity contribution is 5.94. The average Bonchev–Trinajstić information content (AvgIpc) is 2.74. The van der Waals surface area contributed by atoms with Crippen LogP contribution in [-0.4, -0.2) is 67.7 Å². The van der Waals surface area contributed by atoms with Gasteiger partial charge >= 0.3 is 12.1 Å². The minimum Gasteiger partial charge on any atom is -0.468 e. The Bertz CT molecular complexity index is 318. The molecule has 1 aliphatic heterocycles. The molecule has 96 valence electrons. The number of carbonyl (C=O) groups is 3. The van der Waals surface area contributed by atoms with Crippen LogP contribution in [0.5, 0.6) is 0 Å². The molecule has 0 N–H and O–H groups in total. The Morgan fingerprint density at radius 3 is 2.65 bits per heavy atom. The molecule has 0 aliphatic carbocycles. The number of hydrogen-bond donors (Lipinski definition) is 0. The lowest BCUT2D eigenvalue weighted by atomic mass is 10.4. The highest BCUT2D eigenvalue weighted by Crippen LogP contribution is 2.04. The van der Waals surface area contributed by atoms with Crippen molar-refractivity contribution in [3.05, 3.63) is 0 Å². The first-order valence-electron chi connectivity index (χ1n) is 5.34. The topological polar surface area (TPSA) is 76.2 Å². The fourth-order valence-electron chi connectivity index (χ4n) is 1.42. The molecule has 0 aromatic rings. The lowest BCUT2D eigenvalue weighted by molar-refractivity contribution is -0.142. The van der Waals surface area contributed by atoms with Crippen molar-refractivity contribution in [1.82, 2.24) is 9.80 Å². The molecular weight excluding hydrogens is 228 g/mol. The number of carbonyl (C=O) groups excluding carboxylic acids is 3. The molecule has 0 aromatic carbocycles. The number of hydrogen-bond acceptors (Lipinski definition) is 6. The molecule has 7 nitrogen and oxygen atoms in total. The standard InChI is InChI=1S/C10H16N2O5/c1-3-11(7-9(14)16-2)6-8(13)12-4-5-17-10(12)15/h3-7H2,1-2H3. The van der Waals surface area contributed by atoms with Crippen LogP contribution in [0.4, 0.5) is 4.79 Å². The molecule has 1 fully saturated rings. The third-order valence-electron chi connectivity index (χ3n) is 2.45. The van der Waals surface area contributed by atoms with Crippen LogP contribution in [0.25, 0.3) is 0 Å². The van der Waals surface area contributed by atoms with Gasteiger partial charge in [0.1, 0.15) is 6.61 Å². The lowest BCUT2D eigenvalue weighted by Gasteiger charge is -2.20. The van der Waals surface area contributed by atoms with Gasteiger partial charge in [-0.25, -0.2) is 9.69 Å². The maximum Gasteiger partial charge on any atom is 0.416 e. The Morgan fingerprint density at radius 2 is 2.18 bits per heavy atom. The van der Waals surface area contributed by atoms with E-state index in [1.54, 1.807) is 4.90 Å². The second-order valence-electron chi connectivity index (χ2n) is 3.54. The van der Waals surface area contributed by atoms with Crippen molar-refractivity contribution in [2.45, 2.75) is 6.92 Å². The molecule has 17 heavy (non-hydrogen) atoms. The zero-order valence-corrected chi connectivity index (χ0v) is 9.97. The minimum absolute atomic E-state index is 0.000694. The van der Waals surface area contributed by atoms with Gasteiger partial charge in [0.05, 0.1) is 26.7 Å². The van der Waals surface area contributed by atoms with E-state index >= 15 is 0 Å². The Morgan fingerprint density at radius 1 is 1.47 bits per heavy atom. The lowest BCUT2D eigenvalue weighted by Crippen LogP contribution is -2.42. The molecule has 2 amide bonds. The maximum absolute atomic E-state index is 11.7. The largest absolute Gasteiger partial charge is 0.468 e. The molecule has 1 saturated heterocycles. The molecule has 0 unspecified atom stereocenters. The number of cyclic esters (lactones) is 1. The normalized spacial score (nSPS) is 15.0. The zero-order chi connectivity index (χ0) is 12.8. The van der Waals surface area contributed by atoms with Crippen LogP contribution in [0, 0.1) is 0 Å². The second-order valence-corrected chi connectivity index (χ2v) is 3.54. The smallest absolute Gasteiger partial charge is 0.416 e. The minimum atomic E-state index is -0.621. The summed E-state index contributed by atoms with van der Waals surface area (Å²) < 4.78 is 9.17. The van der Waals surface area contributed by atoms with Gasteiger partial charge in [-0.3, -0.25) is 14.5 Å². The fourth-order valence-corrected chi connectivity index (χ4v) is 1.42. The van der Waals surface area contributed by atoms with Gasteiger partial charge in [0.2, 0.25) is 5.91 Å². The number of rotatable bonds is 5. The molecular formula is C10H16N2O5. The number of imide groups is 1. The quantitative estimate of drug-likeness (QED) is 0.604. The summed E-state index contributed by atoms with van der Waals surface area (Å²) in [4.78, 5) is 36.6. The van der Waals surface area contributed by atoms with Crippen molar-refractivity contribution in [2.24, 2.45) is 0 Å². The van der Waals surface area contributed by atoms with E-state index in [1.165, 1.54) is 7.11 Å². The fraction of sp³-hybridized carbons (Fsp3) is 0.700. The number of amides is 2. The maximum atomic E-state index is 11.7. The molecule has 1 aliphatic rings. The monoisotopic (exact) mass is 244 g/mol. The van der Waals surface area contributed by atoms with Crippen LogP contribution in [0.2, 0.25) is 0 Å². The summed E-state index contributed by atoms with van der Waals surface area (Å²) in [6.07, 6.45) is -0.621. The van der Waals surface area contributed by atoms with Crippen molar-refractivity contribution >= 4 is 18.0 Å². The van der Waals surface area contributed by atoms with Crippen LogP contribution in [0.3, 0.4) is 0 Å². The van der Waals surface area contributed by atoms with E-state index in [2.05, 4.69) is 9.47 Å². The summed E-state index contributed by atoms with van der Waals surface area (Å²) in [5.41, 5.74) is 0. The highest BCUT2D eigenvalue weighted by atomic mass is 16.6. The van der Waals surface area contributed by atoms with Crippen LogP contribution in [0.1, 0.15) is 6.92 Å². The van der Waals surface area contributed by atoms with Crippen molar-refractivity contribution in [1.29, 1.82) is 0 Å². The number of nitrogens with zero attached hydrogens (tertiary/aromatic N) is 2. The van der Waals surface area contributed by atoms with Crippen LogP contribution < -0.4 is 0 Å².